The highest BCUT2D eigenvalue weighted by Crippen LogP contribution is 2.41. The van der Waals surface area contributed by atoms with Crippen LogP contribution in [0.15, 0.2) is 30.3 Å². The molecule has 0 radical (unpaired) electrons. The van der Waals surface area contributed by atoms with Crippen molar-refractivity contribution in [2.45, 2.75) is 12.8 Å². The summed E-state index contributed by atoms with van der Waals surface area (Å²) < 4.78 is 5.38. The molecule has 0 aromatic heterocycles. The van der Waals surface area contributed by atoms with Crippen molar-refractivity contribution in [2.75, 3.05) is 32.8 Å². The molecule has 1 aromatic carbocycles. The summed E-state index contributed by atoms with van der Waals surface area (Å²) in [6.45, 7) is 2.03. The van der Waals surface area contributed by atoms with E-state index < -0.39 is 11.4 Å². The van der Waals surface area contributed by atoms with E-state index in [1.807, 2.05) is 30.3 Å². The summed E-state index contributed by atoms with van der Waals surface area (Å²) >= 11 is 0. The fraction of sp³-hybridized carbons (Fsp3) is 0.529. The zero-order valence-electron chi connectivity index (χ0n) is 13.0. The second-order valence-electron chi connectivity index (χ2n) is 6.35. The van der Waals surface area contributed by atoms with Gasteiger partial charge in [0.1, 0.15) is 5.41 Å². The van der Waals surface area contributed by atoms with Crippen molar-refractivity contribution in [1.29, 1.82) is 0 Å². The number of rotatable bonds is 4. The van der Waals surface area contributed by atoms with Gasteiger partial charge in [-0.05, 0) is 24.3 Å². The van der Waals surface area contributed by atoms with Gasteiger partial charge in [0.15, 0.2) is 0 Å². The number of carboxylic acids is 1. The van der Waals surface area contributed by atoms with Gasteiger partial charge in [-0.3, -0.25) is 4.79 Å². The lowest BCUT2D eigenvalue weighted by atomic mass is 9.76. The van der Waals surface area contributed by atoms with Crippen LogP contribution in [0.25, 0.3) is 0 Å². The van der Waals surface area contributed by atoms with Crippen molar-refractivity contribution >= 4 is 12.0 Å². The lowest BCUT2D eigenvalue weighted by Crippen LogP contribution is -2.47. The zero-order valence-corrected chi connectivity index (χ0v) is 13.0. The van der Waals surface area contributed by atoms with Crippen LogP contribution >= 0.6 is 0 Å². The fourth-order valence-electron chi connectivity index (χ4n) is 3.51. The topological polar surface area (TPSA) is 78.9 Å². The highest BCUT2D eigenvalue weighted by atomic mass is 16.5. The summed E-state index contributed by atoms with van der Waals surface area (Å²) in [5.41, 5.74) is 0.230. The van der Waals surface area contributed by atoms with E-state index in [-0.39, 0.29) is 25.1 Å². The van der Waals surface area contributed by atoms with Gasteiger partial charge in [0.05, 0.1) is 6.61 Å². The number of aliphatic carboxylic acids is 1. The molecule has 6 heteroatoms. The summed E-state index contributed by atoms with van der Waals surface area (Å²) in [6.07, 6.45) is 1.46. The Balaban J connectivity index is 1.55. The van der Waals surface area contributed by atoms with Crippen LogP contribution in [0.5, 0.6) is 0 Å². The third kappa shape index (κ3) is 3.17. The Morgan fingerprint density at radius 1 is 1.35 bits per heavy atom. The van der Waals surface area contributed by atoms with Crippen molar-refractivity contribution in [3.05, 3.63) is 35.9 Å². The summed E-state index contributed by atoms with van der Waals surface area (Å²) in [5.74, 6) is -0.879. The Bertz CT molecular complexity index is 577. The van der Waals surface area contributed by atoms with Crippen LogP contribution in [0.1, 0.15) is 12.0 Å². The quantitative estimate of drug-likeness (QED) is 0.878. The first-order valence-electron chi connectivity index (χ1n) is 8.00. The molecule has 0 saturated carbocycles. The summed E-state index contributed by atoms with van der Waals surface area (Å²) in [7, 11) is 0. The van der Waals surface area contributed by atoms with Crippen molar-refractivity contribution < 1.29 is 19.4 Å². The number of amides is 2. The Labute approximate surface area is 135 Å². The molecule has 1 aromatic rings. The van der Waals surface area contributed by atoms with E-state index in [1.165, 1.54) is 5.56 Å². The Hall–Kier alpha value is -2.08. The number of nitrogens with zero attached hydrogens (tertiary/aromatic N) is 1. The number of hydrogen-bond donors (Lipinski definition) is 2. The molecule has 124 valence electrons. The van der Waals surface area contributed by atoms with E-state index in [0.29, 0.717) is 26.1 Å². The fourth-order valence-corrected chi connectivity index (χ4v) is 3.51. The third-order valence-corrected chi connectivity index (χ3v) is 4.91. The number of fused-ring (bicyclic) bond motifs is 1. The maximum Gasteiger partial charge on any atom is 0.317 e. The number of likely N-dealkylation sites (tertiary alicyclic amines) is 1. The van der Waals surface area contributed by atoms with Gasteiger partial charge in [-0.2, -0.15) is 0 Å². The van der Waals surface area contributed by atoms with Gasteiger partial charge in [-0.1, -0.05) is 30.3 Å². The van der Waals surface area contributed by atoms with Crippen molar-refractivity contribution in [3.8, 4) is 0 Å². The molecule has 2 atom stereocenters. The van der Waals surface area contributed by atoms with Crippen LogP contribution in [0, 0.1) is 11.3 Å². The van der Waals surface area contributed by atoms with E-state index in [2.05, 4.69) is 5.32 Å². The van der Waals surface area contributed by atoms with Crippen LogP contribution in [0.3, 0.4) is 0 Å². The first kappa shape index (κ1) is 15.8. The summed E-state index contributed by atoms with van der Waals surface area (Å²) in [4.78, 5) is 25.6. The van der Waals surface area contributed by atoms with Gasteiger partial charge < -0.3 is 20.1 Å². The number of nitrogens with one attached hydrogen (secondary N) is 1. The van der Waals surface area contributed by atoms with E-state index >= 15 is 0 Å². The first-order chi connectivity index (χ1) is 11.1. The van der Waals surface area contributed by atoms with Crippen LogP contribution in [-0.2, 0) is 16.0 Å². The number of urea groups is 1. The highest BCUT2D eigenvalue weighted by molar-refractivity contribution is 5.80. The molecular formula is C17H22N2O4. The molecule has 2 aliphatic rings. The van der Waals surface area contributed by atoms with E-state index in [4.69, 9.17) is 4.74 Å². The third-order valence-electron chi connectivity index (χ3n) is 4.91. The molecule has 2 amide bonds. The number of carbonyl (C=O) groups is 2. The minimum absolute atomic E-state index is 0.0198. The molecule has 2 aliphatic heterocycles. The van der Waals surface area contributed by atoms with Gasteiger partial charge in [-0.25, -0.2) is 4.79 Å². The average molecular weight is 318 g/mol. The minimum Gasteiger partial charge on any atom is -0.481 e. The maximum atomic E-state index is 12.3. The molecule has 0 aliphatic carbocycles. The van der Waals surface area contributed by atoms with Crippen molar-refractivity contribution in [2.24, 2.45) is 11.3 Å². The normalized spacial score (nSPS) is 26.6. The lowest BCUT2D eigenvalue weighted by Gasteiger charge is -2.33. The average Bonchev–Trinajstić information content (AvgIpc) is 2.97. The van der Waals surface area contributed by atoms with Gasteiger partial charge in [0.2, 0.25) is 0 Å². The first-order valence-corrected chi connectivity index (χ1v) is 8.00. The molecule has 2 heterocycles. The number of carbonyl (C=O) groups excluding carboxylic acids is 1. The van der Waals surface area contributed by atoms with Crippen LogP contribution in [0.4, 0.5) is 4.79 Å². The number of hydrogen-bond acceptors (Lipinski definition) is 3. The summed E-state index contributed by atoms with van der Waals surface area (Å²) in [6, 6.07) is 9.76. The molecule has 2 N–H and O–H groups in total. The number of carboxylic acid groups (broad SMARTS) is 1. The molecule has 2 fully saturated rings. The van der Waals surface area contributed by atoms with Crippen LogP contribution in [-0.4, -0.2) is 54.9 Å². The molecule has 23 heavy (non-hydrogen) atoms. The molecule has 2 saturated heterocycles. The SMILES string of the molecule is O=C(NCCc1ccccc1)N1C[C@@H]2CCOC[C@]2(C(=O)O)C1. The largest absolute Gasteiger partial charge is 0.481 e. The zero-order chi connectivity index (χ0) is 16.3. The standard InChI is InChI=1S/C17H22N2O4/c20-15(21)17-11-19(10-14(17)7-9-23-12-17)16(22)18-8-6-13-4-2-1-3-5-13/h1-5,14H,6-12H2,(H,18,22)(H,20,21)/t14-,17+/m0/s1. The van der Waals surface area contributed by atoms with E-state index in [1.54, 1.807) is 4.90 Å². The van der Waals surface area contributed by atoms with Gasteiger partial charge in [-0.15, -0.1) is 0 Å². The number of ether oxygens (including phenoxy) is 1. The smallest absolute Gasteiger partial charge is 0.317 e. The van der Waals surface area contributed by atoms with Crippen molar-refractivity contribution in [1.82, 2.24) is 10.2 Å². The van der Waals surface area contributed by atoms with Crippen LogP contribution in [0.2, 0.25) is 0 Å². The molecule has 0 unspecified atom stereocenters. The Kier molecular flexibility index (Phi) is 4.52. The molecule has 3 rings (SSSR count). The van der Waals surface area contributed by atoms with Crippen molar-refractivity contribution in [3.63, 3.8) is 0 Å². The molecule has 0 bridgehead atoms. The van der Waals surface area contributed by atoms with Gasteiger partial charge >= 0.3 is 12.0 Å². The molecule has 6 nitrogen and oxygen atoms in total. The van der Waals surface area contributed by atoms with Gasteiger partial charge in [0, 0.05) is 26.2 Å². The minimum atomic E-state index is -0.935. The second-order valence-corrected chi connectivity index (χ2v) is 6.35. The second kappa shape index (κ2) is 6.58. The van der Waals surface area contributed by atoms with Crippen LogP contribution < -0.4 is 5.32 Å². The Morgan fingerprint density at radius 2 is 2.13 bits per heavy atom. The van der Waals surface area contributed by atoms with E-state index in [9.17, 15) is 14.7 Å². The van der Waals surface area contributed by atoms with E-state index in [0.717, 1.165) is 6.42 Å². The molecular weight excluding hydrogens is 296 g/mol. The predicted octanol–water partition coefficient (Wildman–Crippen LogP) is 1.36. The summed E-state index contributed by atoms with van der Waals surface area (Å²) in [5, 5.41) is 12.5. The molecule has 0 spiro atoms. The number of benzene rings is 1. The predicted molar refractivity (Wildman–Crippen MR) is 84.1 cm³/mol. The maximum absolute atomic E-state index is 12.3. The van der Waals surface area contributed by atoms with Gasteiger partial charge in [0.25, 0.3) is 0 Å². The monoisotopic (exact) mass is 318 g/mol. The Morgan fingerprint density at radius 3 is 2.83 bits per heavy atom. The lowest BCUT2D eigenvalue weighted by molar-refractivity contribution is -0.159. The highest BCUT2D eigenvalue weighted by Gasteiger charge is 2.55.